The third-order valence-electron chi connectivity index (χ3n) is 2.64. The van der Waals surface area contributed by atoms with Crippen molar-refractivity contribution in [2.75, 3.05) is 20.2 Å². The summed E-state index contributed by atoms with van der Waals surface area (Å²) in [7, 11) is 1.56. The van der Waals surface area contributed by atoms with Gasteiger partial charge in [0, 0.05) is 18.1 Å². The molecule has 0 radical (unpaired) electrons. The molecule has 1 atom stereocenters. The quantitative estimate of drug-likeness (QED) is 0.785. The number of hydrogen-bond donors (Lipinski definition) is 1. The number of likely N-dealkylation sites (N-methyl/N-ethyl adjacent to an activating group) is 1. The summed E-state index contributed by atoms with van der Waals surface area (Å²) in [6.07, 6.45) is 0. The lowest BCUT2D eigenvalue weighted by atomic mass is 10.2. The zero-order valence-electron chi connectivity index (χ0n) is 11.1. The summed E-state index contributed by atoms with van der Waals surface area (Å²) in [5.74, 6) is -1.25. The Hall–Kier alpha value is -1.08. The maximum Gasteiger partial charge on any atom is 0.308 e. The van der Waals surface area contributed by atoms with Crippen LogP contribution in [-0.2, 0) is 9.59 Å². The van der Waals surface area contributed by atoms with Crippen molar-refractivity contribution < 1.29 is 19.4 Å². The van der Waals surface area contributed by atoms with E-state index in [1.807, 2.05) is 6.07 Å². The number of carbonyl (C=O) groups excluding carboxylic acids is 1. The summed E-state index contributed by atoms with van der Waals surface area (Å²) < 4.78 is 7.05. The van der Waals surface area contributed by atoms with Gasteiger partial charge < -0.3 is 14.7 Å². The molecule has 1 amide bonds. The molecule has 0 bridgehead atoms. The molecular formula is C13H15Br2NO4. The Kier molecular flexibility index (Phi) is 6.48. The molecule has 1 aromatic carbocycles. The van der Waals surface area contributed by atoms with Crippen LogP contribution in [0.5, 0.6) is 5.75 Å². The van der Waals surface area contributed by atoms with Crippen molar-refractivity contribution in [3.05, 3.63) is 27.1 Å². The van der Waals surface area contributed by atoms with Crippen LogP contribution in [0.3, 0.4) is 0 Å². The smallest absolute Gasteiger partial charge is 0.308 e. The minimum Gasteiger partial charge on any atom is -0.483 e. The van der Waals surface area contributed by atoms with E-state index in [9.17, 15) is 9.59 Å². The van der Waals surface area contributed by atoms with E-state index in [-0.39, 0.29) is 19.1 Å². The van der Waals surface area contributed by atoms with E-state index in [0.29, 0.717) is 5.75 Å². The first-order valence-corrected chi connectivity index (χ1v) is 7.44. The van der Waals surface area contributed by atoms with E-state index in [1.165, 1.54) is 4.90 Å². The van der Waals surface area contributed by atoms with Gasteiger partial charge in [0.2, 0.25) is 0 Å². The predicted octanol–water partition coefficient (Wildman–Crippen LogP) is 2.77. The molecule has 20 heavy (non-hydrogen) atoms. The molecular weight excluding hydrogens is 394 g/mol. The Labute approximate surface area is 134 Å². The van der Waals surface area contributed by atoms with Crippen molar-refractivity contribution in [1.82, 2.24) is 4.90 Å². The zero-order chi connectivity index (χ0) is 15.3. The highest BCUT2D eigenvalue weighted by Crippen LogP contribution is 2.28. The molecule has 1 unspecified atom stereocenters. The van der Waals surface area contributed by atoms with Gasteiger partial charge in [-0.2, -0.15) is 0 Å². The summed E-state index contributed by atoms with van der Waals surface area (Å²) in [5, 5.41) is 8.80. The molecule has 1 N–H and O–H groups in total. The zero-order valence-corrected chi connectivity index (χ0v) is 14.3. The molecule has 0 saturated carbocycles. The molecule has 0 spiro atoms. The number of carboxylic acid groups (broad SMARTS) is 1. The Morgan fingerprint density at radius 1 is 1.40 bits per heavy atom. The van der Waals surface area contributed by atoms with Gasteiger partial charge in [0.05, 0.1) is 10.4 Å². The third kappa shape index (κ3) is 5.13. The number of halogens is 2. The van der Waals surface area contributed by atoms with Gasteiger partial charge in [-0.15, -0.1) is 0 Å². The Balaban J connectivity index is 2.52. The van der Waals surface area contributed by atoms with Crippen molar-refractivity contribution in [3.8, 4) is 5.75 Å². The fraction of sp³-hybridized carbons (Fsp3) is 0.385. The van der Waals surface area contributed by atoms with E-state index >= 15 is 0 Å². The van der Waals surface area contributed by atoms with Gasteiger partial charge >= 0.3 is 5.97 Å². The topological polar surface area (TPSA) is 66.8 Å². The third-order valence-corrected chi connectivity index (χ3v) is 3.75. The normalized spacial score (nSPS) is 11.8. The number of carbonyl (C=O) groups is 2. The number of hydrogen-bond acceptors (Lipinski definition) is 3. The highest BCUT2D eigenvalue weighted by molar-refractivity contribution is 9.11. The van der Waals surface area contributed by atoms with Gasteiger partial charge in [0.1, 0.15) is 5.75 Å². The molecule has 0 fully saturated rings. The summed E-state index contributed by atoms with van der Waals surface area (Å²) >= 11 is 6.66. The lowest BCUT2D eigenvalue weighted by Crippen LogP contribution is -2.36. The monoisotopic (exact) mass is 407 g/mol. The molecule has 0 aliphatic heterocycles. The minimum atomic E-state index is -0.929. The SMILES string of the molecule is CC(CN(C)C(=O)COc1ccc(Br)cc1Br)C(=O)O. The van der Waals surface area contributed by atoms with Crippen LogP contribution in [0, 0.1) is 5.92 Å². The van der Waals surface area contributed by atoms with Gasteiger partial charge in [0.15, 0.2) is 6.61 Å². The number of benzene rings is 1. The van der Waals surface area contributed by atoms with E-state index in [1.54, 1.807) is 26.1 Å². The average molecular weight is 409 g/mol. The second kappa shape index (κ2) is 7.64. The Bertz CT molecular complexity index is 507. The van der Waals surface area contributed by atoms with Crippen molar-refractivity contribution >= 4 is 43.7 Å². The first-order chi connectivity index (χ1) is 9.31. The maximum atomic E-state index is 11.8. The molecule has 1 aromatic rings. The van der Waals surface area contributed by atoms with Crippen LogP contribution in [0.25, 0.3) is 0 Å². The Morgan fingerprint density at radius 3 is 2.60 bits per heavy atom. The molecule has 1 rings (SSSR count). The van der Waals surface area contributed by atoms with Gasteiger partial charge in [-0.1, -0.05) is 22.9 Å². The summed E-state index contributed by atoms with van der Waals surface area (Å²) in [6, 6.07) is 5.36. The first-order valence-electron chi connectivity index (χ1n) is 5.86. The van der Waals surface area contributed by atoms with Crippen LogP contribution in [0.15, 0.2) is 27.1 Å². The van der Waals surface area contributed by atoms with Gasteiger partial charge in [-0.25, -0.2) is 0 Å². The lowest BCUT2D eigenvalue weighted by molar-refractivity contribution is -0.143. The van der Waals surface area contributed by atoms with E-state index in [0.717, 1.165) is 8.95 Å². The molecule has 0 aliphatic rings. The minimum absolute atomic E-state index is 0.136. The van der Waals surface area contributed by atoms with Crippen molar-refractivity contribution in [2.45, 2.75) is 6.92 Å². The second-order valence-corrected chi connectivity index (χ2v) is 6.15. The predicted molar refractivity (Wildman–Crippen MR) is 81.8 cm³/mol. The first kappa shape index (κ1) is 17.0. The van der Waals surface area contributed by atoms with Crippen molar-refractivity contribution in [3.63, 3.8) is 0 Å². The summed E-state index contributed by atoms with van der Waals surface area (Å²) in [5.41, 5.74) is 0. The molecule has 0 aromatic heterocycles. The number of ether oxygens (including phenoxy) is 1. The van der Waals surface area contributed by atoms with E-state index in [2.05, 4.69) is 31.9 Å². The maximum absolute atomic E-state index is 11.8. The standard InChI is InChI=1S/C13H15Br2NO4/c1-8(13(18)19)6-16(2)12(17)7-20-11-4-3-9(14)5-10(11)15/h3-5,8H,6-7H2,1-2H3,(H,18,19). The number of amides is 1. The van der Waals surface area contributed by atoms with Gasteiger partial charge in [0.25, 0.3) is 5.91 Å². The highest BCUT2D eigenvalue weighted by Gasteiger charge is 2.17. The van der Waals surface area contributed by atoms with Crippen LogP contribution in [0.1, 0.15) is 6.92 Å². The summed E-state index contributed by atoms with van der Waals surface area (Å²) in [4.78, 5) is 23.9. The number of rotatable bonds is 6. The molecule has 110 valence electrons. The number of carboxylic acids is 1. The largest absolute Gasteiger partial charge is 0.483 e. The lowest BCUT2D eigenvalue weighted by Gasteiger charge is -2.19. The molecule has 7 heteroatoms. The van der Waals surface area contributed by atoms with Crippen LogP contribution in [0.4, 0.5) is 0 Å². The fourth-order valence-corrected chi connectivity index (χ4v) is 2.59. The fourth-order valence-electron chi connectivity index (χ4n) is 1.43. The molecule has 5 nitrogen and oxygen atoms in total. The Morgan fingerprint density at radius 2 is 2.05 bits per heavy atom. The van der Waals surface area contributed by atoms with Crippen LogP contribution in [0.2, 0.25) is 0 Å². The number of nitrogens with zero attached hydrogens (tertiary/aromatic N) is 1. The molecule has 0 saturated heterocycles. The van der Waals surface area contributed by atoms with E-state index < -0.39 is 11.9 Å². The van der Waals surface area contributed by atoms with Crippen molar-refractivity contribution in [2.24, 2.45) is 5.92 Å². The average Bonchev–Trinajstić information content (AvgIpc) is 2.37. The van der Waals surface area contributed by atoms with Gasteiger partial charge in [-0.05, 0) is 34.1 Å². The van der Waals surface area contributed by atoms with Crippen LogP contribution >= 0.6 is 31.9 Å². The van der Waals surface area contributed by atoms with Crippen molar-refractivity contribution in [1.29, 1.82) is 0 Å². The number of aliphatic carboxylic acids is 1. The molecule has 0 aliphatic carbocycles. The second-order valence-electron chi connectivity index (χ2n) is 4.38. The van der Waals surface area contributed by atoms with Crippen LogP contribution < -0.4 is 4.74 Å². The van der Waals surface area contributed by atoms with Crippen LogP contribution in [-0.4, -0.2) is 42.1 Å². The van der Waals surface area contributed by atoms with E-state index in [4.69, 9.17) is 9.84 Å². The molecule has 0 heterocycles. The van der Waals surface area contributed by atoms with Gasteiger partial charge in [-0.3, -0.25) is 9.59 Å². The summed E-state index contributed by atoms with van der Waals surface area (Å²) in [6.45, 7) is 1.57. The highest BCUT2D eigenvalue weighted by atomic mass is 79.9.